The molecule has 1 unspecified atom stereocenters. The van der Waals surface area contributed by atoms with Crippen LogP contribution in [-0.2, 0) is 14.8 Å². The quantitative estimate of drug-likeness (QED) is 0.735. The highest BCUT2D eigenvalue weighted by Crippen LogP contribution is 2.25. The van der Waals surface area contributed by atoms with E-state index < -0.39 is 34.8 Å². The zero-order valence-electron chi connectivity index (χ0n) is 13.8. The average molecular weight is 396 g/mol. The number of piperidine rings is 1. The normalized spacial score (nSPS) is 18.4. The number of rotatable bonds is 6. The molecule has 0 aromatic rings. The van der Waals surface area contributed by atoms with Crippen LogP contribution in [0.1, 0.15) is 32.6 Å². The molecule has 144 valence electrons. The summed E-state index contributed by atoms with van der Waals surface area (Å²) in [6.07, 6.45) is -2.17. The van der Waals surface area contributed by atoms with E-state index in [4.69, 9.17) is 5.73 Å². The van der Waals surface area contributed by atoms with Crippen LogP contribution in [0.4, 0.5) is 13.2 Å². The third kappa shape index (κ3) is 7.12. The first-order valence-electron chi connectivity index (χ1n) is 7.53. The summed E-state index contributed by atoms with van der Waals surface area (Å²) in [6.45, 7) is 0.829. The van der Waals surface area contributed by atoms with Crippen LogP contribution in [0.5, 0.6) is 0 Å². The predicted molar refractivity (Wildman–Crippen MR) is 87.3 cm³/mol. The number of alkyl halides is 3. The molecule has 0 aliphatic carbocycles. The van der Waals surface area contributed by atoms with E-state index >= 15 is 0 Å². The number of carbonyl (C=O) groups is 1. The Balaban J connectivity index is 0.00000529. The lowest BCUT2D eigenvalue weighted by atomic mass is 10.0. The van der Waals surface area contributed by atoms with E-state index in [1.54, 1.807) is 0 Å². The van der Waals surface area contributed by atoms with E-state index in [2.05, 4.69) is 0 Å². The number of amides is 1. The molecule has 0 saturated carbocycles. The summed E-state index contributed by atoms with van der Waals surface area (Å²) in [5.41, 5.74) is 5.76. The van der Waals surface area contributed by atoms with E-state index in [1.807, 2.05) is 6.92 Å². The second-order valence-electron chi connectivity index (χ2n) is 5.88. The van der Waals surface area contributed by atoms with Crippen molar-refractivity contribution >= 4 is 28.3 Å². The number of likely N-dealkylation sites (tertiary alicyclic amines) is 1. The maximum atomic E-state index is 12.6. The fourth-order valence-electron chi connectivity index (χ4n) is 2.74. The van der Waals surface area contributed by atoms with Crippen molar-refractivity contribution in [2.75, 3.05) is 25.9 Å². The highest BCUT2D eigenvalue weighted by atomic mass is 35.5. The van der Waals surface area contributed by atoms with E-state index in [-0.39, 0.29) is 44.2 Å². The molecule has 1 rings (SSSR count). The van der Waals surface area contributed by atoms with E-state index in [0.717, 1.165) is 12.7 Å². The van der Waals surface area contributed by atoms with Gasteiger partial charge in [-0.1, -0.05) is 13.3 Å². The zero-order valence-corrected chi connectivity index (χ0v) is 15.4. The molecule has 0 aromatic heterocycles. The highest BCUT2D eigenvalue weighted by Gasteiger charge is 2.40. The molecule has 1 aliphatic rings. The Labute approximate surface area is 147 Å². The minimum Gasteiger partial charge on any atom is -0.341 e. The summed E-state index contributed by atoms with van der Waals surface area (Å²) in [7, 11) is -3.98. The standard InChI is InChI=1S/C13H24F3N3O3S.ClH/c1-3-4-11(17)12(20)18-7-5-10(6-8-18)19(23(2,21)22)9-13(14,15)16;/h10-11H,3-9,17H2,1-2H3;1H. The van der Waals surface area contributed by atoms with Crippen molar-refractivity contribution in [3.63, 3.8) is 0 Å². The molecule has 1 fully saturated rings. The lowest BCUT2D eigenvalue weighted by Crippen LogP contribution is -2.53. The van der Waals surface area contributed by atoms with Crippen molar-refractivity contribution in [3.05, 3.63) is 0 Å². The molecule has 0 spiro atoms. The molecule has 0 aromatic carbocycles. The molecule has 0 radical (unpaired) electrons. The first kappa shape index (κ1) is 23.4. The maximum Gasteiger partial charge on any atom is 0.402 e. The minimum absolute atomic E-state index is 0. The van der Waals surface area contributed by atoms with Crippen molar-refractivity contribution in [2.24, 2.45) is 5.73 Å². The first-order valence-corrected chi connectivity index (χ1v) is 9.38. The Bertz CT molecular complexity index is 508. The topological polar surface area (TPSA) is 83.7 Å². The first-order chi connectivity index (χ1) is 10.5. The van der Waals surface area contributed by atoms with Gasteiger partial charge in [-0.25, -0.2) is 8.42 Å². The Morgan fingerprint density at radius 2 is 1.83 bits per heavy atom. The third-order valence-electron chi connectivity index (χ3n) is 3.86. The van der Waals surface area contributed by atoms with Crippen LogP contribution in [-0.4, -0.2) is 67.7 Å². The molecule has 0 bridgehead atoms. The van der Waals surface area contributed by atoms with Crippen LogP contribution < -0.4 is 5.73 Å². The zero-order chi connectivity index (χ0) is 17.8. The van der Waals surface area contributed by atoms with Gasteiger partial charge in [0.15, 0.2) is 0 Å². The molecule has 2 N–H and O–H groups in total. The monoisotopic (exact) mass is 395 g/mol. The van der Waals surface area contributed by atoms with Crippen LogP contribution >= 0.6 is 12.4 Å². The highest BCUT2D eigenvalue weighted by molar-refractivity contribution is 7.88. The van der Waals surface area contributed by atoms with Gasteiger partial charge in [-0.3, -0.25) is 4.79 Å². The van der Waals surface area contributed by atoms with Gasteiger partial charge < -0.3 is 10.6 Å². The van der Waals surface area contributed by atoms with Gasteiger partial charge in [-0.15, -0.1) is 12.4 Å². The molecule has 1 saturated heterocycles. The third-order valence-corrected chi connectivity index (χ3v) is 5.14. The molecule has 1 aliphatic heterocycles. The largest absolute Gasteiger partial charge is 0.402 e. The molecule has 1 amide bonds. The Kier molecular flexibility index (Phi) is 8.99. The molecule has 6 nitrogen and oxygen atoms in total. The van der Waals surface area contributed by atoms with Gasteiger partial charge in [0.2, 0.25) is 15.9 Å². The van der Waals surface area contributed by atoms with Crippen molar-refractivity contribution in [3.8, 4) is 0 Å². The summed E-state index contributed by atoms with van der Waals surface area (Å²) in [5, 5.41) is 0. The van der Waals surface area contributed by atoms with Gasteiger partial charge in [0.25, 0.3) is 0 Å². The van der Waals surface area contributed by atoms with Gasteiger partial charge in [0.05, 0.1) is 12.3 Å². The fraction of sp³-hybridized carbons (Fsp3) is 0.923. The van der Waals surface area contributed by atoms with Crippen LogP contribution in [0.15, 0.2) is 0 Å². The second kappa shape index (κ2) is 9.21. The lowest BCUT2D eigenvalue weighted by Gasteiger charge is -2.38. The van der Waals surface area contributed by atoms with Crippen molar-refractivity contribution in [1.29, 1.82) is 0 Å². The van der Waals surface area contributed by atoms with Gasteiger partial charge in [0, 0.05) is 19.1 Å². The number of hydrogen-bond acceptors (Lipinski definition) is 4. The SMILES string of the molecule is CCCC(N)C(=O)N1CCC(N(CC(F)(F)F)S(C)(=O)=O)CC1.Cl. The van der Waals surface area contributed by atoms with E-state index in [0.29, 0.717) is 10.7 Å². The lowest BCUT2D eigenvalue weighted by molar-refractivity contribution is -0.143. The van der Waals surface area contributed by atoms with Crippen molar-refractivity contribution in [2.45, 2.75) is 50.9 Å². The predicted octanol–water partition coefficient (Wildman–Crippen LogP) is 1.35. The van der Waals surface area contributed by atoms with Crippen LogP contribution in [0, 0.1) is 0 Å². The molecule has 11 heteroatoms. The number of hydrogen-bond donors (Lipinski definition) is 1. The summed E-state index contributed by atoms with van der Waals surface area (Å²) in [6, 6.07) is -1.36. The number of carbonyl (C=O) groups excluding carboxylic acids is 1. The van der Waals surface area contributed by atoms with Gasteiger partial charge >= 0.3 is 6.18 Å². The van der Waals surface area contributed by atoms with Crippen LogP contribution in [0.2, 0.25) is 0 Å². The maximum absolute atomic E-state index is 12.6. The summed E-state index contributed by atoms with van der Waals surface area (Å²) < 4.78 is 61.6. The van der Waals surface area contributed by atoms with Gasteiger partial charge in [-0.05, 0) is 19.3 Å². The summed E-state index contributed by atoms with van der Waals surface area (Å²) in [4.78, 5) is 13.6. The smallest absolute Gasteiger partial charge is 0.341 e. The van der Waals surface area contributed by atoms with Crippen LogP contribution in [0.3, 0.4) is 0 Å². The Morgan fingerprint density at radius 1 is 1.33 bits per heavy atom. The number of nitrogens with two attached hydrogens (primary N) is 1. The second-order valence-corrected chi connectivity index (χ2v) is 7.81. The number of nitrogens with zero attached hydrogens (tertiary/aromatic N) is 2. The summed E-state index contributed by atoms with van der Waals surface area (Å²) in [5.74, 6) is -0.230. The van der Waals surface area contributed by atoms with Gasteiger partial charge in [0.1, 0.15) is 6.54 Å². The van der Waals surface area contributed by atoms with E-state index in [9.17, 15) is 26.4 Å². The number of halogens is 4. The Hall–Kier alpha value is -0.580. The molecule has 24 heavy (non-hydrogen) atoms. The Morgan fingerprint density at radius 3 is 2.21 bits per heavy atom. The number of sulfonamides is 1. The molecule has 1 heterocycles. The molecular formula is C13H25ClF3N3O3S. The van der Waals surface area contributed by atoms with Crippen LogP contribution in [0.25, 0.3) is 0 Å². The van der Waals surface area contributed by atoms with Crippen molar-refractivity contribution < 1.29 is 26.4 Å². The fourth-order valence-corrected chi connectivity index (χ4v) is 3.87. The minimum atomic E-state index is -4.60. The van der Waals surface area contributed by atoms with E-state index in [1.165, 1.54) is 4.90 Å². The average Bonchev–Trinajstić information content (AvgIpc) is 2.42. The molecular weight excluding hydrogens is 371 g/mol. The van der Waals surface area contributed by atoms with Gasteiger partial charge in [-0.2, -0.15) is 17.5 Å². The molecule has 1 atom stereocenters. The van der Waals surface area contributed by atoms with Crippen molar-refractivity contribution in [1.82, 2.24) is 9.21 Å². The summed E-state index contributed by atoms with van der Waals surface area (Å²) >= 11 is 0.